The maximum Gasteiger partial charge on any atom is 0.190 e. The summed E-state index contributed by atoms with van der Waals surface area (Å²) >= 11 is 3.73. The molecule has 7 heteroatoms. The van der Waals surface area contributed by atoms with E-state index in [0.717, 1.165) is 36.8 Å². The highest BCUT2D eigenvalue weighted by Gasteiger charge is 2.41. The Balaban J connectivity index is 1.55. The molecule has 0 radical (unpaired) electrons. The van der Waals surface area contributed by atoms with E-state index in [-0.39, 0.29) is 31.5 Å². The molecule has 2 atom stereocenters. The van der Waals surface area contributed by atoms with Crippen molar-refractivity contribution in [1.29, 1.82) is 0 Å². The summed E-state index contributed by atoms with van der Waals surface area (Å²) in [6.45, 7) is 8.43. The van der Waals surface area contributed by atoms with E-state index in [1.165, 1.54) is 11.1 Å². The second-order valence-corrected chi connectivity index (χ2v) is 10.2. The van der Waals surface area contributed by atoms with Gasteiger partial charge in [0.15, 0.2) is 17.2 Å². The number of ether oxygens (including phenoxy) is 4. The third kappa shape index (κ3) is 4.43. The summed E-state index contributed by atoms with van der Waals surface area (Å²) in [5.41, 5.74) is 1.00. The molecule has 0 aromatic heterocycles. The predicted molar refractivity (Wildman–Crippen MR) is 113 cm³/mol. The third-order valence-electron chi connectivity index (χ3n) is 5.91. The molecule has 1 aromatic carbocycles. The van der Waals surface area contributed by atoms with Crippen LogP contribution in [-0.4, -0.2) is 62.3 Å². The zero-order valence-electron chi connectivity index (χ0n) is 17.7. The number of nitrogens with zero attached hydrogens (tertiary/aromatic N) is 1. The van der Waals surface area contributed by atoms with E-state index in [9.17, 15) is 4.39 Å². The summed E-state index contributed by atoms with van der Waals surface area (Å²) in [6, 6.07) is 2.43. The van der Waals surface area contributed by atoms with Gasteiger partial charge in [-0.05, 0) is 73.2 Å². The van der Waals surface area contributed by atoms with Crippen LogP contribution in [-0.2, 0) is 15.9 Å². The summed E-state index contributed by atoms with van der Waals surface area (Å²) in [5.74, 6) is 1.24. The SMILES string of the molecule is COc1cc2c(c(Br)c1OCC1(F)COC1)CCN1CC(OC(C)(C)C)CCC21. The van der Waals surface area contributed by atoms with Crippen molar-refractivity contribution in [2.24, 2.45) is 0 Å². The molecule has 2 saturated heterocycles. The lowest BCUT2D eigenvalue weighted by Gasteiger charge is -2.45. The van der Waals surface area contributed by atoms with E-state index >= 15 is 0 Å². The predicted octanol–water partition coefficient (Wildman–Crippen LogP) is 4.45. The van der Waals surface area contributed by atoms with E-state index in [1.54, 1.807) is 7.11 Å². The lowest BCUT2D eigenvalue weighted by molar-refractivity contribution is -0.146. The molecule has 0 spiro atoms. The average Bonchev–Trinajstić information content (AvgIpc) is 2.63. The van der Waals surface area contributed by atoms with Gasteiger partial charge in [0.05, 0.1) is 36.5 Å². The van der Waals surface area contributed by atoms with Crippen LogP contribution in [0.25, 0.3) is 0 Å². The van der Waals surface area contributed by atoms with E-state index in [0.29, 0.717) is 17.5 Å². The molecule has 5 nitrogen and oxygen atoms in total. The minimum atomic E-state index is -1.40. The van der Waals surface area contributed by atoms with Gasteiger partial charge in [0.25, 0.3) is 0 Å². The Morgan fingerprint density at radius 3 is 2.69 bits per heavy atom. The Morgan fingerprint density at radius 1 is 1.31 bits per heavy atom. The van der Waals surface area contributed by atoms with E-state index in [1.807, 2.05) is 0 Å². The van der Waals surface area contributed by atoms with Crippen molar-refractivity contribution in [3.63, 3.8) is 0 Å². The molecule has 162 valence electrons. The summed E-state index contributed by atoms with van der Waals surface area (Å²) < 4.78 is 38.0. The molecule has 0 N–H and O–H groups in total. The Labute approximate surface area is 181 Å². The Kier molecular flexibility index (Phi) is 5.88. The van der Waals surface area contributed by atoms with Gasteiger partial charge in [-0.3, -0.25) is 4.90 Å². The van der Waals surface area contributed by atoms with Gasteiger partial charge in [0, 0.05) is 19.1 Å². The van der Waals surface area contributed by atoms with Crippen molar-refractivity contribution in [2.75, 3.05) is 40.0 Å². The van der Waals surface area contributed by atoms with Crippen molar-refractivity contribution in [2.45, 2.75) is 63.4 Å². The smallest absolute Gasteiger partial charge is 0.190 e. The second-order valence-electron chi connectivity index (χ2n) is 9.41. The zero-order valence-corrected chi connectivity index (χ0v) is 19.3. The lowest BCUT2D eigenvalue weighted by atomic mass is 9.85. The number of alkyl halides is 1. The molecule has 29 heavy (non-hydrogen) atoms. The number of rotatable bonds is 5. The summed E-state index contributed by atoms with van der Waals surface area (Å²) in [4.78, 5) is 2.52. The second kappa shape index (κ2) is 7.98. The van der Waals surface area contributed by atoms with Gasteiger partial charge in [-0.15, -0.1) is 0 Å². The van der Waals surface area contributed by atoms with Gasteiger partial charge >= 0.3 is 0 Å². The zero-order chi connectivity index (χ0) is 20.8. The number of piperidine rings is 1. The van der Waals surface area contributed by atoms with Crippen molar-refractivity contribution in [1.82, 2.24) is 4.90 Å². The quantitative estimate of drug-likeness (QED) is 0.634. The maximum absolute atomic E-state index is 14.3. The van der Waals surface area contributed by atoms with Crippen molar-refractivity contribution >= 4 is 15.9 Å². The number of fused-ring (bicyclic) bond motifs is 3. The monoisotopic (exact) mass is 471 g/mol. The van der Waals surface area contributed by atoms with E-state index in [2.05, 4.69) is 47.7 Å². The highest BCUT2D eigenvalue weighted by atomic mass is 79.9. The summed E-state index contributed by atoms with van der Waals surface area (Å²) in [5, 5.41) is 0. The van der Waals surface area contributed by atoms with Crippen LogP contribution in [0.15, 0.2) is 10.5 Å². The molecule has 3 aliphatic rings. The third-order valence-corrected chi connectivity index (χ3v) is 6.75. The lowest BCUT2D eigenvalue weighted by Crippen LogP contribution is -2.50. The molecule has 1 aromatic rings. The van der Waals surface area contributed by atoms with Crippen LogP contribution in [0.1, 0.15) is 50.8 Å². The number of benzene rings is 1. The fraction of sp³-hybridized carbons (Fsp3) is 0.727. The number of hydrogen-bond acceptors (Lipinski definition) is 5. The largest absolute Gasteiger partial charge is 0.493 e. The molecule has 0 saturated carbocycles. The first-order chi connectivity index (χ1) is 13.7. The molecule has 2 fully saturated rings. The fourth-order valence-electron chi connectivity index (χ4n) is 4.57. The van der Waals surface area contributed by atoms with E-state index in [4.69, 9.17) is 18.9 Å². The highest BCUT2D eigenvalue weighted by Crippen LogP contribution is 2.47. The van der Waals surface area contributed by atoms with Gasteiger partial charge in [0.2, 0.25) is 0 Å². The minimum Gasteiger partial charge on any atom is -0.493 e. The molecular weight excluding hydrogens is 441 g/mol. The number of hydrogen-bond donors (Lipinski definition) is 0. The molecule has 2 unspecified atom stereocenters. The van der Waals surface area contributed by atoms with Gasteiger partial charge in [-0.25, -0.2) is 4.39 Å². The standard InChI is InChI=1S/C22H31BrFNO4/c1-21(2,3)29-14-5-6-17-16-9-18(26-4)20(28-13-22(24)11-27-12-22)19(23)15(16)7-8-25(17)10-14/h9,14,17H,5-8,10-13H2,1-4H3. The molecule has 0 amide bonds. The molecule has 3 aliphatic heterocycles. The number of halogens is 2. The fourth-order valence-corrected chi connectivity index (χ4v) is 5.31. The molecule has 0 aliphatic carbocycles. The Bertz CT molecular complexity index is 762. The summed E-state index contributed by atoms with van der Waals surface area (Å²) in [6.07, 6.45) is 3.28. The maximum atomic E-state index is 14.3. The highest BCUT2D eigenvalue weighted by molar-refractivity contribution is 9.10. The Morgan fingerprint density at radius 2 is 2.07 bits per heavy atom. The first-order valence-electron chi connectivity index (χ1n) is 10.4. The normalized spacial score (nSPS) is 26.3. The van der Waals surface area contributed by atoms with Crippen LogP contribution in [0.3, 0.4) is 0 Å². The first kappa shape index (κ1) is 21.3. The minimum absolute atomic E-state index is 0.0257. The van der Waals surface area contributed by atoms with Crippen LogP contribution < -0.4 is 9.47 Å². The molecule has 0 bridgehead atoms. The van der Waals surface area contributed by atoms with Crippen LogP contribution >= 0.6 is 15.9 Å². The van der Waals surface area contributed by atoms with Crippen LogP contribution in [0.2, 0.25) is 0 Å². The number of methoxy groups -OCH3 is 1. The van der Waals surface area contributed by atoms with Gasteiger partial charge in [-0.1, -0.05) is 0 Å². The van der Waals surface area contributed by atoms with Crippen molar-refractivity contribution < 1.29 is 23.3 Å². The van der Waals surface area contributed by atoms with Gasteiger partial charge < -0.3 is 18.9 Å². The Hall–Kier alpha value is -0.890. The van der Waals surface area contributed by atoms with Crippen LogP contribution in [0.5, 0.6) is 11.5 Å². The topological polar surface area (TPSA) is 40.2 Å². The van der Waals surface area contributed by atoms with Crippen molar-refractivity contribution in [3.8, 4) is 11.5 Å². The summed E-state index contributed by atoms with van der Waals surface area (Å²) in [7, 11) is 1.63. The average molecular weight is 472 g/mol. The van der Waals surface area contributed by atoms with E-state index < -0.39 is 5.67 Å². The molecule has 4 rings (SSSR count). The van der Waals surface area contributed by atoms with Crippen LogP contribution in [0, 0.1) is 0 Å². The first-order valence-corrected chi connectivity index (χ1v) is 11.2. The van der Waals surface area contributed by atoms with Crippen molar-refractivity contribution in [3.05, 3.63) is 21.7 Å². The van der Waals surface area contributed by atoms with Gasteiger partial charge in [-0.2, -0.15) is 0 Å². The molecular formula is C22H31BrFNO4. The molecule has 3 heterocycles. The van der Waals surface area contributed by atoms with Gasteiger partial charge in [0.1, 0.15) is 6.61 Å². The van der Waals surface area contributed by atoms with Crippen LogP contribution in [0.4, 0.5) is 4.39 Å².